The predicted octanol–water partition coefficient (Wildman–Crippen LogP) is 2.00. The van der Waals surface area contributed by atoms with Crippen molar-refractivity contribution in [2.75, 3.05) is 13.1 Å². The van der Waals surface area contributed by atoms with Crippen molar-refractivity contribution in [2.24, 2.45) is 0 Å². The van der Waals surface area contributed by atoms with Crippen molar-refractivity contribution < 1.29 is 9.05 Å². The van der Waals surface area contributed by atoms with Crippen LogP contribution in [0.3, 0.4) is 0 Å². The summed E-state index contributed by atoms with van der Waals surface area (Å²) in [6.07, 6.45) is 4.19. The molecule has 4 rings (SSSR count). The minimum Gasteiger partial charge on any atom is -0.361 e. The monoisotopic (exact) mass is 296 g/mol. The highest BCUT2D eigenvalue weighted by molar-refractivity contribution is 5.56. The van der Waals surface area contributed by atoms with E-state index < -0.39 is 0 Å². The Hall–Kier alpha value is -2.47. The van der Waals surface area contributed by atoms with Gasteiger partial charge in [0.25, 0.3) is 5.89 Å². The maximum Gasteiger partial charge on any atom is 0.257 e. The summed E-state index contributed by atoms with van der Waals surface area (Å²) in [7, 11) is 0. The minimum atomic E-state index is 0.484. The molecule has 1 aliphatic rings. The van der Waals surface area contributed by atoms with Crippen LogP contribution in [0.2, 0.25) is 0 Å². The Morgan fingerprint density at radius 1 is 1.05 bits per heavy atom. The van der Waals surface area contributed by atoms with Gasteiger partial charge in [0.05, 0.1) is 12.6 Å². The Kier molecular flexibility index (Phi) is 3.44. The lowest BCUT2D eigenvalue weighted by molar-refractivity contribution is 0.382. The molecule has 6 heteroatoms. The van der Waals surface area contributed by atoms with Gasteiger partial charge in [-0.2, -0.15) is 4.98 Å². The lowest BCUT2D eigenvalue weighted by atomic mass is 10.00. The van der Waals surface area contributed by atoms with E-state index in [1.165, 1.54) is 11.1 Å². The summed E-state index contributed by atoms with van der Waals surface area (Å²) >= 11 is 0. The topological polar surface area (TPSA) is 77.0 Å². The van der Waals surface area contributed by atoms with Crippen molar-refractivity contribution in [2.45, 2.75) is 19.3 Å². The van der Waals surface area contributed by atoms with E-state index in [1.807, 2.05) is 0 Å². The maximum absolute atomic E-state index is 5.38. The maximum atomic E-state index is 5.38. The van der Waals surface area contributed by atoms with Crippen LogP contribution in [0.15, 0.2) is 39.5 Å². The fourth-order valence-corrected chi connectivity index (χ4v) is 2.74. The largest absolute Gasteiger partial charge is 0.361 e. The molecule has 0 saturated carbocycles. The van der Waals surface area contributed by atoms with Crippen molar-refractivity contribution >= 4 is 0 Å². The van der Waals surface area contributed by atoms with Crippen molar-refractivity contribution in [3.05, 3.63) is 53.2 Å². The van der Waals surface area contributed by atoms with Crippen LogP contribution in [-0.2, 0) is 19.3 Å². The third-order valence-electron chi connectivity index (χ3n) is 3.89. The van der Waals surface area contributed by atoms with Crippen LogP contribution < -0.4 is 5.32 Å². The molecule has 6 nitrogen and oxygen atoms in total. The minimum absolute atomic E-state index is 0.484. The highest BCUT2D eigenvalue weighted by atomic mass is 16.5. The molecule has 0 bridgehead atoms. The second kappa shape index (κ2) is 5.73. The highest BCUT2D eigenvalue weighted by Crippen LogP contribution is 2.23. The van der Waals surface area contributed by atoms with Gasteiger partial charge in [-0.25, -0.2) is 0 Å². The van der Waals surface area contributed by atoms with Gasteiger partial charge in [-0.15, -0.1) is 0 Å². The molecule has 1 aliphatic heterocycles. The molecule has 3 aromatic rings. The molecule has 0 spiro atoms. The SMILES string of the molecule is c1cc(Cc2noc(-c3ccc4c(c3)CCNCC4)n2)on1. The quantitative estimate of drug-likeness (QED) is 0.796. The molecule has 1 N–H and O–H groups in total. The van der Waals surface area contributed by atoms with Crippen LogP contribution in [0.4, 0.5) is 0 Å². The number of nitrogens with one attached hydrogen (secondary N) is 1. The Labute approximate surface area is 127 Å². The number of fused-ring (bicyclic) bond motifs is 1. The zero-order chi connectivity index (χ0) is 14.8. The Balaban J connectivity index is 1.59. The standard InChI is InChI=1S/C16H16N4O2/c1-2-13(9-12-4-7-17-6-3-11(1)12)16-19-15(20-22-16)10-14-5-8-18-21-14/h1-2,5,8-9,17H,3-4,6-7,10H2. The Morgan fingerprint density at radius 2 is 1.95 bits per heavy atom. The molecule has 0 fully saturated rings. The van der Waals surface area contributed by atoms with E-state index in [2.05, 4.69) is 38.8 Å². The van der Waals surface area contributed by atoms with Gasteiger partial charge >= 0.3 is 0 Å². The van der Waals surface area contributed by atoms with Gasteiger partial charge in [-0.05, 0) is 49.2 Å². The molecule has 0 amide bonds. The number of hydrogen-bond acceptors (Lipinski definition) is 6. The van der Waals surface area contributed by atoms with E-state index in [0.717, 1.165) is 37.3 Å². The molecule has 0 unspecified atom stereocenters. The molecule has 0 aliphatic carbocycles. The van der Waals surface area contributed by atoms with E-state index >= 15 is 0 Å². The molecule has 22 heavy (non-hydrogen) atoms. The molecule has 0 radical (unpaired) electrons. The fourth-order valence-electron chi connectivity index (χ4n) is 2.74. The number of hydrogen-bond donors (Lipinski definition) is 1. The van der Waals surface area contributed by atoms with Gasteiger partial charge in [0.15, 0.2) is 5.82 Å². The van der Waals surface area contributed by atoms with Gasteiger partial charge in [-0.1, -0.05) is 16.4 Å². The molecule has 2 aromatic heterocycles. The number of rotatable bonds is 3. The first-order valence-corrected chi connectivity index (χ1v) is 7.43. The number of nitrogens with zero attached hydrogens (tertiary/aromatic N) is 3. The smallest absolute Gasteiger partial charge is 0.257 e. The third kappa shape index (κ3) is 2.65. The first-order chi connectivity index (χ1) is 10.9. The fraction of sp³-hybridized carbons (Fsp3) is 0.312. The summed E-state index contributed by atoms with van der Waals surface area (Å²) in [5, 5.41) is 11.1. The molecule has 1 aromatic carbocycles. The molecular weight excluding hydrogens is 280 g/mol. The lowest BCUT2D eigenvalue weighted by Gasteiger charge is -2.05. The van der Waals surface area contributed by atoms with E-state index in [0.29, 0.717) is 18.1 Å². The molecule has 0 saturated heterocycles. The third-order valence-corrected chi connectivity index (χ3v) is 3.89. The van der Waals surface area contributed by atoms with Gasteiger partial charge in [0.2, 0.25) is 0 Å². The van der Waals surface area contributed by atoms with Crippen LogP contribution in [-0.4, -0.2) is 28.4 Å². The van der Waals surface area contributed by atoms with Gasteiger partial charge in [-0.3, -0.25) is 0 Å². The first kappa shape index (κ1) is 13.2. The van der Waals surface area contributed by atoms with E-state index in [9.17, 15) is 0 Å². The summed E-state index contributed by atoms with van der Waals surface area (Å²) < 4.78 is 10.4. The molecule has 112 valence electrons. The zero-order valence-corrected chi connectivity index (χ0v) is 12.1. The summed E-state index contributed by atoms with van der Waals surface area (Å²) in [6, 6.07) is 8.17. The Bertz CT molecular complexity index is 764. The van der Waals surface area contributed by atoms with E-state index in [4.69, 9.17) is 9.05 Å². The van der Waals surface area contributed by atoms with Crippen molar-refractivity contribution in [1.29, 1.82) is 0 Å². The first-order valence-electron chi connectivity index (χ1n) is 7.43. The van der Waals surface area contributed by atoms with Crippen molar-refractivity contribution in [3.63, 3.8) is 0 Å². The summed E-state index contributed by atoms with van der Waals surface area (Å²) in [4.78, 5) is 4.45. The van der Waals surface area contributed by atoms with Crippen LogP contribution in [0.5, 0.6) is 0 Å². The van der Waals surface area contributed by atoms with Gasteiger partial charge < -0.3 is 14.4 Å². The summed E-state index contributed by atoms with van der Waals surface area (Å²) in [5.41, 5.74) is 3.73. The second-order valence-electron chi connectivity index (χ2n) is 5.40. The summed E-state index contributed by atoms with van der Waals surface area (Å²) in [6.45, 7) is 2.05. The van der Waals surface area contributed by atoms with Crippen molar-refractivity contribution in [3.8, 4) is 11.5 Å². The van der Waals surface area contributed by atoms with Crippen LogP contribution in [0, 0.1) is 0 Å². The van der Waals surface area contributed by atoms with Gasteiger partial charge in [0, 0.05) is 11.6 Å². The lowest BCUT2D eigenvalue weighted by Crippen LogP contribution is -2.16. The predicted molar refractivity (Wildman–Crippen MR) is 79.3 cm³/mol. The Morgan fingerprint density at radius 3 is 2.82 bits per heavy atom. The number of aromatic nitrogens is 3. The van der Waals surface area contributed by atoms with Crippen LogP contribution in [0.1, 0.15) is 22.7 Å². The zero-order valence-electron chi connectivity index (χ0n) is 12.1. The summed E-state index contributed by atoms with van der Waals surface area (Å²) in [5.74, 6) is 1.87. The molecular formula is C16H16N4O2. The van der Waals surface area contributed by atoms with E-state index in [1.54, 1.807) is 12.3 Å². The molecule has 3 heterocycles. The van der Waals surface area contributed by atoms with Crippen molar-refractivity contribution in [1.82, 2.24) is 20.6 Å². The average Bonchev–Trinajstić information content (AvgIpc) is 3.15. The van der Waals surface area contributed by atoms with Crippen LogP contribution >= 0.6 is 0 Å². The second-order valence-corrected chi connectivity index (χ2v) is 5.40. The normalized spacial score (nSPS) is 14.5. The number of benzene rings is 1. The van der Waals surface area contributed by atoms with Gasteiger partial charge in [0.1, 0.15) is 5.76 Å². The highest BCUT2D eigenvalue weighted by Gasteiger charge is 2.14. The van der Waals surface area contributed by atoms with E-state index in [-0.39, 0.29) is 0 Å². The molecule has 0 atom stereocenters. The van der Waals surface area contributed by atoms with Crippen LogP contribution in [0.25, 0.3) is 11.5 Å². The average molecular weight is 296 g/mol.